The van der Waals surface area contributed by atoms with Gasteiger partial charge in [0, 0.05) is 28.9 Å². The average Bonchev–Trinajstić information content (AvgIpc) is 2.88. The lowest BCUT2D eigenvalue weighted by Gasteiger charge is -2.09. The van der Waals surface area contributed by atoms with Gasteiger partial charge in [-0.15, -0.1) is 0 Å². The molecule has 0 saturated heterocycles. The lowest BCUT2D eigenvalue weighted by molar-refractivity contribution is 0.415. The zero-order valence-corrected chi connectivity index (χ0v) is 14.6. The molecule has 1 aromatic heterocycles. The van der Waals surface area contributed by atoms with Gasteiger partial charge in [0.05, 0.1) is 12.8 Å². The molecule has 0 N–H and O–H groups in total. The number of aromatic nitrogens is 1. The van der Waals surface area contributed by atoms with E-state index in [1.165, 1.54) is 22.6 Å². The second-order valence-corrected chi connectivity index (χ2v) is 5.95. The molecule has 2 aromatic carbocycles. The van der Waals surface area contributed by atoms with Crippen molar-refractivity contribution in [2.45, 2.75) is 20.8 Å². The van der Waals surface area contributed by atoms with E-state index in [9.17, 15) is 0 Å². The van der Waals surface area contributed by atoms with Crippen LogP contribution in [0.2, 0.25) is 0 Å². The summed E-state index contributed by atoms with van der Waals surface area (Å²) >= 11 is 0. The fourth-order valence-corrected chi connectivity index (χ4v) is 2.82. The molecule has 1 heterocycles. The van der Waals surface area contributed by atoms with E-state index in [1.54, 1.807) is 7.11 Å². The van der Waals surface area contributed by atoms with E-state index < -0.39 is 0 Å². The molecule has 0 radical (unpaired) electrons. The Balaban J connectivity index is 1.90. The second-order valence-electron chi connectivity index (χ2n) is 5.95. The predicted octanol–water partition coefficient (Wildman–Crippen LogP) is 5.16. The van der Waals surface area contributed by atoms with Crippen molar-refractivity contribution in [2.24, 2.45) is 4.99 Å². The fraction of sp³-hybridized carbons (Fsp3) is 0.190. The second kappa shape index (κ2) is 6.75. The molecular weight excluding hydrogens is 296 g/mol. The standard InChI is InChI=1S/C21H22N2O/c1-15-5-9-20(10-6-15)23-16(2)13-18(17(23)3)14-22-19-7-11-21(24-4)12-8-19/h5-14H,1-4H3. The predicted molar refractivity (Wildman–Crippen MR) is 100 cm³/mol. The van der Waals surface area contributed by atoms with E-state index in [2.05, 4.69) is 60.7 Å². The maximum Gasteiger partial charge on any atom is 0.119 e. The minimum Gasteiger partial charge on any atom is -0.497 e. The molecule has 0 aliphatic carbocycles. The van der Waals surface area contributed by atoms with Crippen LogP contribution in [-0.2, 0) is 0 Å². The number of aryl methyl sites for hydroxylation is 2. The van der Waals surface area contributed by atoms with Gasteiger partial charge in [-0.1, -0.05) is 17.7 Å². The summed E-state index contributed by atoms with van der Waals surface area (Å²) in [5, 5.41) is 0. The number of rotatable bonds is 4. The quantitative estimate of drug-likeness (QED) is 0.610. The zero-order chi connectivity index (χ0) is 17.1. The molecule has 0 atom stereocenters. The van der Waals surface area contributed by atoms with Gasteiger partial charge in [-0.05, 0) is 63.2 Å². The molecule has 0 aliphatic heterocycles. The van der Waals surface area contributed by atoms with Gasteiger partial charge in [0.15, 0.2) is 0 Å². The largest absolute Gasteiger partial charge is 0.497 e. The first-order chi connectivity index (χ1) is 11.6. The molecule has 0 aliphatic rings. The highest BCUT2D eigenvalue weighted by Gasteiger charge is 2.09. The molecule has 0 spiro atoms. The summed E-state index contributed by atoms with van der Waals surface area (Å²) in [4.78, 5) is 4.58. The Labute approximate surface area is 143 Å². The van der Waals surface area contributed by atoms with E-state index in [1.807, 2.05) is 30.5 Å². The third kappa shape index (κ3) is 3.25. The molecule has 3 aromatic rings. The van der Waals surface area contributed by atoms with Crippen LogP contribution in [0.5, 0.6) is 5.75 Å². The topological polar surface area (TPSA) is 26.5 Å². The molecule has 0 bridgehead atoms. The third-order valence-corrected chi connectivity index (χ3v) is 4.19. The van der Waals surface area contributed by atoms with Gasteiger partial charge in [-0.2, -0.15) is 0 Å². The molecule has 0 unspecified atom stereocenters. The molecule has 3 rings (SSSR count). The average molecular weight is 318 g/mol. The number of hydrogen-bond acceptors (Lipinski definition) is 2. The van der Waals surface area contributed by atoms with Crippen molar-refractivity contribution in [1.82, 2.24) is 4.57 Å². The van der Waals surface area contributed by atoms with Crippen molar-refractivity contribution in [3.8, 4) is 11.4 Å². The summed E-state index contributed by atoms with van der Waals surface area (Å²) in [6.45, 7) is 6.35. The summed E-state index contributed by atoms with van der Waals surface area (Å²) < 4.78 is 7.43. The molecule has 3 heteroatoms. The molecule has 0 saturated carbocycles. The lowest BCUT2D eigenvalue weighted by Crippen LogP contribution is -1.99. The first-order valence-corrected chi connectivity index (χ1v) is 8.02. The molecule has 122 valence electrons. The van der Waals surface area contributed by atoms with Gasteiger partial charge in [-0.3, -0.25) is 4.99 Å². The summed E-state index contributed by atoms with van der Waals surface area (Å²) in [5.74, 6) is 0.839. The lowest BCUT2D eigenvalue weighted by atomic mass is 10.2. The van der Waals surface area contributed by atoms with Crippen molar-refractivity contribution < 1.29 is 4.74 Å². The van der Waals surface area contributed by atoms with Crippen LogP contribution in [0.25, 0.3) is 5.69 Å². The van der Waals surface area contributed by atoms with Crippen molar-refractivity contribution in [3.05, 3.63) is 77.1 Å². The Morgan fingerprint density at radius 3 is 2.21 bits per heavy atom. The number of methoxy groups -OCH3 is 1. The maximum absolute atomic E-state index is 5.17. The number of ether oxygens (including phenoxy) is 1. The number of nitrogens with zero attached hydrogens (tertiary/aromatic N) is 2. The van der Waals surface area contributed by atoms with Crippen LogP contribution in [0.15, 0.2) is 59.6 Å². The summed E-state index contributed by atoms with van der Waals surface area (Å²) in [6, 6.07) is 18.5. The number of aliphatic imine (C=N–C) groups is 1. The van der Waals surface area contributed by atoms with Crippen LogP contribution in [0.1, 0.15) is 22.5 Å². The Hall–Kier alpha value is -2.81. The Bertz CT molecular complexity index is 856. The van der Waals surface area contributed by atoms with Crippen molar-refractivity contribution in [2.75, 3.05) is 7.11 Å². The van der Waals surface area contributed by atoms with E-state index in [0.717, 1.165) is 17.0 Å². The van der Waals surface area contributed by atoms with E-state index >= 15 is 0 Å². The van der Waals surface area contributed by atoms with Gasteiger partial charge >= 0.3 is 0 Å². The molecule has 0 amide bonds. The Kier molecular flexibility index (Phi) is 4.52. The van der Waals surface area contributed by atoms with Crippen LogP contribution in [0.3, 0.4) is 0 Å². The monoisotopic (exact) mass is 318 g/mol. The smallest absolute Gasteiger partial charge is 0.119 e. The maximum atomic E-state index is 5.17. The van der Waals surface area contributed by atoms with Gasteiger partial charge < -0.3 is 9.30 Å². The van der Waals surface area contributed by atoms with Gasteiger partial charge in [0.2, 0.25) is 0 Å². The van der Waals surface area contributed by atoms with Crippen LogP contribution >= 0.6 is 0 Å². The molecule has 3 nitrogen and oxygen atoms in total. The zero-order valence-electron chi connectivity index (χ0n) is 14.6. The minimum absolute atomic E-state index is 0.839. The number of hydrogen-bond donors (Lipinski definition) is 0. The van der Waals surface area contributed by atoms with Crippen molar-refractivity contribution in [3.63, 3.8) is 0 Å². The normalized spacial score (nSPS) is 11.2. The Morgan fingerprint density at radius 1 is 0.917 bits per heavy atom. The highest BCUT2D eigenvalue weighted by atomic mass is 16.5. The first-order valence-electron chi connectivity index (χ1n) is 8.02. The van der Waals surface area contributed by atoms with Crippen LogP contribution < -0.4 is 4.74 Å². The van der Waals surface area contributed by atoms with E-state index in [0.29, 0.717) is 0 Å². The SMILES string of the molecule is COc1ccc(N=Cc2cc(C)n(-c3ccc(C)cc3)c2C)cc1. The van der Waals surface area contributed by atoms with Gasteiger partial charge in [0.1, 0.15) is 5.75 Å². The van der Waals surface area contributed by atoms with E-state index in [-0.39, 0.29) is 0 Å². The summed E-state index contributed by atoms with van der Waals surface area (Å²) in [5.41, 5.74) is 6.88. The summed E-state index contributed by atoms with van der Waals surface area (Å²) in [7, 11) is 1.66. The highest BCUT2D eigenvalue weighted by Crippen LogP contribution is 2.22. The number of benzene rings is 2. The molecular formula is C21H22N2O. The highest BCUT2D eigenvalue weighted by molar-refractivity contribution is 5.84. The molecule has 0 fully saturated rings. The van der Waals surface area contributed by atoms with Crippen molar-refractivity contribution >= 4 is 11.9 Å². The van der Waals surface area contributed by atoms with Crippen LogP contribution in [-0.4, -0.2) is 17.9 Å². The first kappa shape index (κ1) is 16.1. The Morgan fingerprint density at radius 2 is 1.58 bits per heavy atom. The minimum atomic E-state index is 0.839. The summed E-state index contributed by atoms with van der Waals surface area (Å²) in [6.07, 6.45) is 1.93. The molecule has 24 heavy (non-hydrogen) atoms. The van der Waals surface area contributed by atoms with Gasteiger partial charge in [0.25, 0.3) is 0 Å². The van der Waals surface area contributed by atoms with Crippen molar-refractivity contribution in [1.29, 1.82) is 0 Å². The van der Waals surface area contributed by atoms with E-state index in [4.69, 9.17) is 4.74 Å². The fourth-order valence-electron chi connectivity index (χ4n) is 2.82. The van der Waals surface area contributed by atoms with Crippen LogP contribution in [0, 0.1) is 20.8 Å². The third-order valence-electron chi connectivity index (χ3n) is 4.19. The van der Waals surface area contributed by atoms with Gasteiger partial charge in [-0.25, -0.2) is 0 Å². The van der Waals surface area contributed by atoms with Crippen LogP contribution in [0.4, 0.5) is 5.69 Å².